The predicted molar refractivity (Wildman–Crippen MR) is 89.1 cm³/mol. The van der Waals surface area contributed by atoms with Crippen molar-refractivity contribution in [2.45, 2.75) is 45.3 Å². The molecule has 1 saturated heterocycles. The first-order chi connectivity index (χ1) is 11.4. The lowest BCUT2D eigenvalue weighted by molar-refractivity contribution is -0.158. The van der Waals surface area contributed by atoms with Gasteiger partial charge in [0.1, 0.15) is 5.75 Å². The number of nitrogens with one attached hydrogen (secondary N) is 1. The van der Waals surface area contributed by atoms with Gasteiger partial charge in [-0.2, -0.15) is 0 Å². The Bertz CT molecular complexity index is 579. The number of hydrogen-bond acceptors (Lipinski definition) is 5. The van der Waals surface area contributed by atoms with Gasteiger partial charge in [-0.25, -0.2) is 4.79 Å². The van der Waals surface area contributed by atoms with Crippen LogP contribution in [0.4, 0.5) is 0 Å². The van der Waals surface area contributed by atoms with Crippen molar-refractivity contribution < 1.29 is 23.8 Å². The van der Waals surface area contributed by atoms with Gasteiger partial charge < -0.3 is 19.5 Å². The molecule has 2 rings (SSSR count). The summed E-state index contributed by atoms with van der Waals surface area (Å²) < 4.78 is 16.3. The van der Waals surface area contributed by atoms with Gasteiger partial charge >= 0.3 is 5.97 Å². The van der Waals surface area contributed by atoms with Crippen LogP contribution in [-0.4, -0.2) is 43.3 Å². The molecular formula is C18H25NO5. The van der Waals surface area contributed by atoms with Crippen LogP contribution in [0.15, 0.2) is 24.3 Å². The van der Waals surface area contributed by atoms with Crippen LogP contribution in [0.25, 0.3) is 0 Å². The lowest BCUT2D eigenvalue weighted by atomic mass is 10.1. The summed E-state index contributed by atoms with van der Waals surface area (Å²) in [6, 6.07) is 6.85. The fourth-order valence-corrected chi connectivity index (χ4v) is 2.47. The van der Waals surface area contributed by atoms with Crippen LogP contribution in [0.2, 0.25) is 0 Å². The number of benzene rings is 1. The van der Waals surface area contributed by atoms with Crippen molar-refractivity contribution in [1.82, 2.24) is 5.32 Å². The molecule has 1 atom stereocenters. The normalized spacial score (nSPS) is 17.4. The number of carbonyl (C=O) groups is 2. The van der Waals surface area contributed by atoms with Crippen molar-refractivity contribution in [1.29, 1.82) is 0 Å². The molecule has 1 N–H and O–H groups in total. The third kappa shape index (κ3) is 4.71. The summed E-state index contributed by atoms with van der Waals surface area (Å²) in [6.07, 6.45) is 2.04. The summed E-state index contributed by atoms with van der Waals surface area (Å²) in [7, 11) is 0. The van der Waals surface area contributed by atoms with E-state index in [2.05, 4.69) is 5.32 Å². The molecule has 1 aliphatic heterocycles. The third-order valence-electron chi connectivity index (χ3n) is 3.78. The molecule has 0 spiro atoms. The van der Waals surface area contributed by atoms with Crippen LogP contribution >= 0.6 is 0 Å². The van der Waals surface area contributed by atoms with Gasteiger partial charge in [-0.15, -0.1) is 0 Å². The molecule has 0 aromatic heterocycles. The molecule has 1 fully saturated rings. The molecular weight excluding hydrogens is 310 g/mol. The number of para-hydroxylation sites is 1. The highest BCUT2D eigenvalue weighted by atomic mass is 16.6. The van der Waals surface area contributed by atoms with Crippen LogP contribution in [0.5, 0.6) is 5.75 Å². The van der Waals surface area contributed by atoms with Crippen molar-refractivity contribution in [3.63, 3.8) is 0 Å². The Balaban J connectivity index is 2.05. The zero-order valence-corrected chi connectivity index (χ0v) is 14.5. The van der Waals surface area contributed by atoms with E-state index in [4.69, 9.17) is 14.2 Å². The molecule has 1 aromatic carbocycles. The SMILES string of the molecule is CCOC(=O)C(C)(C)Oc1ccccc1C(=O)NCC1CCCO1. The summed E-state index contributed by atoms with van der Waals surface area (Å²) in [5.74, 6) is -0.374. The molecule has 1 unspecified atom stereocenters. The molecule has 1 heterocycles. The predicted octanol–water partition coefficient (Wildman–Crippen LogP) is 2.32. The van der Waals surface area contributed by atoms with E-state index in [1.54, 1.807) is 45.0 Å². The third-order valence-corrected chi connectivity index (χ3v) is 3.78. The fourth-order valence-electron chi connectivity index (χ4n) is 2.47. The highest BCUT2D eigenvalue weighted by molar-refractivity contribution is 5.97. The first kappa shape index (κ1) is 18.3. The van der Waals surface area contributed by atoms with Gasteiger partial charge in [0.2, 0.25) is 0 Å². The number of hydrogen-bond donors (Lipinski definition) is 1. The quantitative estimate of drug-likeness (QED) is 0.774. The van der Waals surface area contributed by atoms with E-state index < -0.39 is 11.6 Å². The van der Waals surface area contributed by atoms with Crippen molar-refractivity contribution in [2.24, 2.45) is 0 Å². The molecule has 6 nitrogen and oxygen atoms in total. The average molecular weight is 335 g/mol. The molecule has 1 aliphatic rings. The number of carbonyl (C=O) groups excluding carboxylic acids is 2. The van der Waals surface area contributed by atoms with E-state index >= 15 is 0 Å². The minimum atomic E-state index is -1.18. The zero-order chi connectivity index (χ0) is 17.6. The number of esters is 1. The number of amides is 1. The Hall–Kier alpha value is -2.08. The van der Waals surface area contributed by atoms with Gasteiger partial charge in [-0.3, -0.25) is 4.79 Å². The van der Waals surface area contributed by atoms with E-state index in [1.807, 2.05) is 0 Å². The number of ether oxygens (including phenoxy) is 3. The molecule has 1 aromatic rings. The largest absolute Gasteiger partial charge is 0.475 e. The summed E-state index contributed by atoms with van der Waals surface area (Å²) in [4.78, 5) is 24.4. The number of rotatable bonds is 7. The summed E-state index contributed by atoms with van der Waals surface area (Å²) in [5, 5.41) is 2.86. The van der Waals surface area contributed by atoms with Crippen molar-refractivity contribution in [3.8, 4) is 5.75 Å². The molecule has 0 radical (unpaired) electrons. The maximum atomic E-state index is 12.4. The molecule has 6 heteroatoms. The second kappa shape index (κ2) is 8.15. The second-order valence-corrected chi connectivity index (χ2v) is 6.17. The molecule has 132 valence electrons. The summed E-state index contributed by atoms with van der Waals surface area (Å²) in [6.45, 7) is 6.45. The van der Waals surface area contributed by atoms with Gasteiger partial charge in [0, 0.05) is 13.2 Å². The molecule has 1 amide bonds. The molecule has 0 saturated carbocycles. The van der Waals surface area contributed by atoms with Crippen molar-refractivity contribution >= 4 is 11.9 Å². The Kier molecular flexibility index (Phi) is 6.20. The summed E-state index contributed by atoms with van der Waals surface area (Å²) in [5.41, 5.74) is -0.797. The van der Waals surface area contributed by atoms with E-state index in [-0.39, 0.29) is 18.6 Å². The van der Waals surface area contributed by atoms with Gasteiger partial charge in [-0.1, -0.05) is 12.1 Å². The Labute approximate surface area is 142 Å². The Morgan fingerprint density at radius 1 is 1.33 bits per heavy atom. The van der Waals surface area contributed by atoms with E-state index in [0.29, 0.717) is 17.9 Å². The average Bonchev–Trinajstić information content (AvgIpc) is 3.06. The van der Waals surface area contributed by atoms with Gasteiger partial charge in [0.15, 0.2) is 5.60 Å². The second-order valence-electron chi connectivity index (χ2n) is 6.17. The lowest BCUT2D eigenvalue weighted by Gasteiger charge is -2.25. The maximum Gasteiger partial charge on any atom is 0.349 e. The smallest absolute Gasteiger partial charge is 0.349 e. The van der Waals surface area contributed by atoms with E-state index in [1.165, 1.54) is 0 Å². The fraction of sp³-hybridized carbons (Fsp3) is 0.556. The van der Waals surface area contributed by atoms with Crippen LogP contribution in [-0.2, 0) is 14.3 Å². The Morgan fingerprint density at radius 2 is 2.08 bits per heavy atom. The minimum Gasteiger partial charge on any atom is -0.475 e. The van der Waals surface area contributed by atoms with Crippen LogP contribution in [0, 0.1) is 0 Å². The van der Waals surface area contributed by atoms with Gasteiger partial charge in [0.05, 0.1) is 18.3 Å². The molecule has 0 bridgehead atoms. The van der Waals surface area contributed by atoms with Gasteiger partial charge in [0.25, 0.3) is 5.91 Å². The van der Waals surface area contributed by atoms with Crippen molar-refractivity contribution in [2.75, 3.05) is 19.8 Å². The van der Waals surface area contributed by atoms with E-state index in [9.17, 15) is 9.59 Å². The lowest BCUT2D eigenvalue weighted by Crippen LogP contribution is -2.40. The van der Waals surface area contributed by atoms with Crippen LogP contribution in [0.3, 0.4) is 0 Å². The topological polar surface area (TPSA) is 73.9 Å². The minimum absolute atomic E-state index is 0.0676. The highest BCUT2D eigenvalue weighted by Crippen LogP contribution is 2.24. The Morgan fingerprint density at radius 3 is 2.75 bits per heavy atom. The standard InChI is InChI=1S/C18H25NO5/c1-4-22-17(21)18(2,3)24-15-10-6-5-9-14(15)16(20)19-12-13-8-7-11-23-13/h5-6,9-10,13H,4,7-8,11-12H2,1-3H3,(H,19,20). The molecule has 24 heavy (non-hydrogen) atoms. The van der Waals surface area contributed by atoms with Gasteiger partial charge in [-0.05, 0) is 45.7 Å². The summed E-state index contributed by atoms with van der Waals surface area (Å²) >= 11 is 0. The van der Waals surface area contributed by atoms with Crippen LogP contribution in [0.1, 0.15) is 44.0 Å². The zero-order valence-electron chi connectivity index (χ0n) is 14.5. The first-order valence-corrected chi connectivity index (χ1v) is 8.29. The van der Waals surface area contributed by atoms with Crippen molar-refractivity contribution in [3.05, 3.63) is 29.8 Å². The molecule has 0 aliphatic carbocycles. The first-order valence-electron chi connectivity index (χ1n) is 8.29. The van der Waals surface area contributed by atoms with Crippen LogP contribution < -0.4 is 10.1 Å². The maximum absolute atomic E-state index is 12.4. The highest BCUT2D eigenvalue weighted by Gasteiger charge is 2.33. The van der Waals surface area contributed by atoms with E-state index in [0.717, 1.165) is 19.4 Å². The monoisotopic (exact) mass is 335 g/mol.